The minimum Gasteiger partial charge on any atom is -0.496 e. The van der Waals surface area contributed by atoms with E-state index in [1.165, 1.54) is 4.90 Å². The fraction of sp³-hybridized carbons (Fsp3) is 0.417. The predicted molar refractivity (Wildman–Crippen MR) is 61.9 cm³/mol. The van der Waals surface area contributed by atoms with Crippen molar-refractivity contribution in [1.82, 2.24) is 4.90 Å². The number of ether oxygens (including phenoxy) is 1. The van der Waals surface area contributed by atoms with Gasteiger partial charge in [-0.3, -0.25) is 0 Å². The summed E-state index contributed by atoms with van der Waals surface area (Å²) < 4.78 is 5.21. The number of methoxy groups -OCH3 is 1. The van der Waals surface area contributed by atoms with Crippen LogP contribution in [0.4, 0.5) is 4.79 Å². The van der Waals surface area contributed by atoms with E-state index in [1.807, 2.05) is 25.1 Å². The molecule has 1 N–H and O–H groups in total. The number of carboxylic acid groups (broad SMARTS) is 1. The summed E-state index contributed by atoms with van der Waals surface area (Å²) in [7, 11) is 3.19. The van der Waals surface area contributed by atoms with Crippen LogP contribution in [-0.2, 0) is 13.0 Å². The predicted octanol–water partition coefficient (Wildman–Crippen LogP) is 2.37. The second kappa shape index (κ2) is 5.39. The molecule has 0 saturated carbocycles. The third kappa shape index (κ3) is 2.89. The van der Waals surface area contributed by atoms with Crippen LogP contribution in [0.25, 0.3) is 0 Å². The molecule has 0 aliphatic carbocycles. The lowest BCUT2D eigenvalue weighted by atomic mass is 10.1. The largest absolute Gasteiger partial charge is 0.496 e. The Morgan fingerprint density at radius 1 is 1.50 bits per heavy atom. The lowest BCUT2D eigenvalue weighted by Gasteiger charge is -2.14. The summed E-state index contributed by atoms with van der Waals surface area (Å²) in [6, 6.07) is 5.75. The molecule has 0 saturated heterocycles. The van der Waals surface area contributed by atoms with Gasteiger partial charge in [0.05, 0.1) is 7.11 Å². The van der Waals surface area contributed by atoms with E-state index in [4.69, 9.17) is 9.84 Å². The molecule has 0 spiro atoms. The van der Waals surface area contributed by atoms with Gasteiger partial charge in [0.15, 0.2) is 0 Å². The van der Waals surface area contributed by atoms with Crippen LogP contribution in [0, 0.1) is 0 Å². The van der Waals surface area contributed by atoms with Gasteiger partial charge in [0.25, 0.3) is 0 Å². The molecule has 0 bridgehead atoms. The molecule has 88 valence electrons. The highest BCUT2D eigenvalue weighted by atomic mass is 16.5. The van der Waals surface area contributed by atoms with Crippen molar-refractivity contribution in [1.29, 1.82) is 0 Å². The highest BCUT2D eigenvalue weighted by molar-refractivity contribution is 5.64. The van der Waals surface area contributed by atoms with Crippen molar-refractivity contribution in [3.63, 3.8) is 0 Å². The van der Waals surface area contributed by atoms with E-state index in [0.29, 0.717) is 6.54 Å². The SMILES string of the molecule is CCc1cc(CN(C)C(=O)O)ccc1OC. The van der Waals surface area contributed by atoms with E-state index in [0.717, 1.165) is 23.3 Å². The molecular formula is C12H17NO3. The molecule has 0 aliphatic heterocycles. The standard InChI is InChI=1S/C12H17NO3/c1-4-10-7-9(5-6-11(10)16-3)8-13(2)12(14)15/h5-7H,4,8H2,1-3H3,(H,14,15). The highest BCUT2D eigenvalue weighted by Crippen LogP contribution is 2.20. The van der Waals surface area contributed by atoms with Gasteiger partial charge in [-0.25, -0.2) is 4.79 Å². The number of hydrogen-bond donors (Lipinski definition) is 1. The Kier molecular flexibility index (Phi) is 4.17. The molecule has 0 atom stereocenters. The Bertz CT molecular complexity index is 377. The minimum atomic E-state index is -0.922. The molecule has 0 unspecified atom stereocenters. The molecule has 1 aromatic carbocycles. The van der Waals surface area contributed by atoms with Crippen molar-refractivity contribution in [2.24, 2.45) is 0 Å². The van der Waals surface area contributed by atoms with Gasteiger partial charge in [-0.1, -0.05) is 19.1 Å². The molecule has 0 fully saturated rings. The molecule has 0 heterocycles. The van der Waals surface area contributed by atoms with Gasteiger partial charge in [0.2, 0.25) is 0 Å². The topological polar surface area (TPSA) is 49.8 Å². The number of carbonyl (C=O) groups is 1. The van der Waals surface area contributed by atoms with Crippen molar-refractivity contribution >= 4 is 6.09 Å². The van der Waals surface area contributed by atoms with Crippen molar-refractivity contribution < 1.29 is 14.6 Å². The summed E-state index contributed by atoms with van der Waals surface area (Å²) in [4.78, 5) is 11.9. The zero-order valence-electron chi connectivity index (χ0n) is 9.86. The van der Waals surface area contributed by atoms with Gasteiger partial charge in [-0.15, -0.1) is 0 Å². The van der Waals surface area contributed by atoms with Crippen LogP contribution in [0.5, 0.6) is 5.75 Å². The highest BCUT2D eigenvalue weighted by Gasteiger charge is 2.08. The van der Waals surface area contributed by atoms with Gasteiger partial charge in [0.1, 0.15) is 5.75 Å². The van der Waals surface area contributed by atoms with Crippen molar-refractivity contribution in [3.8, 4) is 5.75 Å². The van der Waals surface area contributed by atoms with Gasteiger partial charge in [-0.2, -0.15) is 0 Å². The quantitative estimate of drug-likeness (QED) is 0.852. The fourth-order valence-electron chi connectivity index (χ4n) is 1.55. The lowest BCUT2D eigenvalue weighted by Crippen LogP contribution is -2.23. The van der Waals surface area contributed by atoms with Crippen LogP contribution < -0.4 is 4.74 Å². The molecular weight excluding hydrogens is 206 g/mol. The molecule has 0 aromatic heterocycles. The van der Waals surface area contributed by atoms with Crippen LogP contribution >= 0.6 is 0 Å². The first-order chi connectivity index (χ1) is 7.58. The number of nitrogens with zero attached hydrogens (tertiary/aromatic N) is 1. The first kappa shape index (κ1) is 12.4. The number of rotatable bonds is 4. The second-order valence-electron chi connectivity index (χ2n) is 3.64. The van der Waals surface area contributed by atoms with Crippen LogP contribution in [0.2, 0.25) is 0 Å². The van der Waals surface area contributed by atoms with E-state index < -0.39 is 6.09 Å². The molecule has 0 radical (unpaired) electrons. The van der Waals surface area contributed by atoms with Gasteiger partial charge >= 0.3 is 6.09 Å². The second-order valence-corrected chi connectivity index (χ2v) is 3.64. The van der Waals surface area contributed by atoms with Gasteiger partial charge in [0, 0.05) is 13.6 Å². The Morgan fingerprint density at radius 2 is 2.19 bits per heavy atom. The zero-order chi connectivity index (χ0) is 12.1. The third-order valence-electron chi connectivity index (χ3n) is 2.47. The summed E-state index contributed by atoms with van der Waals surface area (Å²) in [5.41, 5.74) is 2.07. The molecule has 1 rings (SSSR count). The average Bonchev–Trinajstić information content (AvgIpc) is 2.28. The molecule has 16 heavy (non-hydrogen) atoms. The Labute approximate surface area is 95.5 Å². The normalized spacial score (nSPS) is 9.94. The molecule has 0 aliphatic rings. The first-order valence-corrected chi connectivity index (χ1v) is 5.18. The summed E-state index contributed by atoms with van der Waals surface area (Å²) >= 11 is 0. The van der Waals surface area contributed by atoms with E-state index in [9.17, 15) is 4.79 Å². The summed E-state index contributed by atoms with van der Waals surface area (Å²) in [5, 5.41) is 8.77. The lowest BCUT2D eigenvalue weighted by molar-refractivity contribution is 0.153. The third-order valence-corrected chi connectivity index (χ3v) is 2.47. The van der Waals surface area contributed by atoms with Crippen molar-refractivity contribution in [2.45, 2.75) is 19.9 Å². The zero-order valence-corrected chi connectivity index (χ0v) is 9.86. The monoisotopic (exact) mass is 223 g/mol. The van der Waals surface area contributed by atoms with Crippen molar-refractivity contribution in [3.05, 3.63) is 29.3 Å². The maximum absolute atomic E-state index is 10.7. The van der Waals surface area contributed by atoms with Crippen molar-refractivity contribution in [2.75, 3.05) is 14.2 Å². The molecule has 1 aromatic rings. The van der Waals surface area contributed by atoms with Crippen LogP contribution in [0.1, 0.15) is 18.1 Å². The van der Waals surface area contributed by atoms with E-state index in [-0.39, 0.29) is 0 Å². The molecule has 4 heteroatoms. The van der Waals surface area contributed by atoms with E-state index in [2.05, 4.69) is 0 Å². The molecule has 4 nitrogen and oxygen atoms in total. The minimum absolute atomic E-state index is 0.395. The molecule has 1 amide bonds. The van der Waals surface area contributed by atoms with E-state index in [1.54, 1.807) is 14.2 Å². The number of aryl methyl sites for hydroxylation is 1. The average molecular weight is 223 g/mol. The Morgan fingerprint density at radius 3 is 2.69 bits per heavy atom. The summed E-state index contributed by atoms with van der Waals surface area (Å²) in [6.07, 6.45) is -0.0535. The Hall–Kier alpha value is -1.71. The van der Waals surface area contributed by atoms with Crippen LogP contribution in [-0.4, -0.2) is 30.3 Å². The van der Waals surface area contributed by atoms with Crippen LogP contribution in [0.3, 0.4) is 0 Å². The number of hydrogen-bond acceptors (Lipinski definition) is 2. The van der Waals surface area contributed by atoms with Gasteiger partial charge < -0.3 is 14.7 Å². The maximum Gasteiger partial charge on any atom is 0.407 e. The number of benzene rings is 1. The maximum atomic E-state index is 10.7. The fourth-order valence-corrected chi connectivity index (χ4v) is 1.55. The Balaban J connectivity index is 2.86. The van der Waals surface area contributed by atoms with Crippen LogP contribution in [0.15, 0.2) is 18.2 Å². The first-order valence-electron chi connectivity index (χ1n) is 5.18. The van der Waals surface area contributed by atoms with E-state index >= 15 is 0 Å². The summed E-state index contributed by atoms with van der Waals surface area (Å²) in [5.74, 6) is 0.851. The number of amides is 1. The van der Waals surface area contributed by atoms with Gasteiger partial charge in [-0.05, 0) is 23.6 Å². The smallest absolute Gasteiger partial charge is 0.407 e. The summed E-state index contributed by atoms with van der Waals surface area (Å²) in [6.45, 7) is 2.44.